The van der Waals surface area contributed by atoms with E-state index in [0.29, 0.717) is 11.1 Å². The van der Waals surface area contributed by atoms with Crippen molar-refractivity contribution in [2.45, 2.75) is 52.4 Å². The fraction of sp³-hybridized carbons (Fsp3) is 0.375. The summed E-state index contributed by atoms with van der Waals surface area (Å²) in [7, 11) is 0. The Kier molecular flexibility index (Phi) is 6.69. The van der Waals surface area contributed by atoms with Crippen molar-refractivity contribution in [3.63, 3.8) is 0 Å². The number of benzene rings is 2. The van der Waals surface area contributed by atoms with E-state index in [4.69, 9.17) is 4.42 Å². The van der Waals surface area contributed by atoms with E-state index in [1.807, 2.05) is 49.4 Å². The molecule has 0 saturated carbocycles. The smallest absolute Gasteiger partial charge is 0.344 e. The first-order valence-electron chi connectivity index (χ1n) is 10.1. The van der Waals surface area contributed by atoms with Crippen LogP contribution in [-0.2, 0) is 0 Å². The molecule has 0 aliphatic heterocycles. The van der Waals surface area contributed by atoms with Crippen LogP contribution < -0.4 is 10.9 Å². The number of anilines is 1. The van der Waals surface area contributed by atoms with E-state index in [9.17, 15) is 4.79 Å². The molecule has 142 valence electrons. The molecule has 0 bridgehead atoms. The largest absolute Gasteiger partial charge is 0.422 e. The maximum atomic E-state index is 12.5. The Hall–Kier alpha value is -2.55. The van der Waals surface area contributed by atoms with Crippen LogP contribution >= 0.6 is 0 Å². The highest BCUT2D eigenvalue weighted by molar-refractivity contribution is 5.84. The molecule has 0 aliphatic rings. The van der Waals surface area contributed by atoms with Gasteiger partial charge in [0, 0.05) is 23.7 Å². The van der Waals surface area contributed by atoms with E-state index in [-0.39, 0.29) is 5.63 Å². The van der Waals surface area contributed by atoms with Crippen LogP contribution in [0, 0.1) is 6.92 Å². The third-order valence-corrected chi connectivity index (χ3v) is 5.03. The van der Waals surface area contributed by atoms with Crippen molar-refractivity contribution in [3.05, 3.63) is 64.5 Å². The van der Waals surface area contributed by atoms with Crippen molar-refractivity contribution in [1.29, 1.82) is 0 Å². The molecule has 1 aromatic heterocycles. The van der Waals surface area contributed by atoms with Crippen LogP contribution in [0.5, 0.6) is 0 Å². The minimum Gasteiger partial charge on any atom is -0.422 e. The average molecular weight is 364 g/mol. The predicted molar refractivity (Wildman–Crippen MR) is 115 cm³/mol. The van der Waals surface area contributed by atoms with Gasteiger partial charge in [0.05, 0.1) is 5.56 Å². The Labute approximate surface area is 161 Å². The van der Waals surface area contributed by atoms with Gasteiger partial charge < -0.3 is 9.73 Å². The van der Waals surface area contributed by atoms with Crippen molar-refractivity contribution in [3.8, 4) is 11.1 Å². The summed E-state index contributed by atoms with van der Waals surface area (Å²) >= 11 is 0. The first kappa shape index (κ1) is 19.2. The Balaban J connectivity index is 1.69. The first-order valence-corrected chi connectivity index (χ1v) is 10.1. The molecular weight excluding hydrogens is 334 g/mol. The van der Waals surface area contributed by atoms with Gasteiger partial charge in [-0.1, -0.05) is 63.3 Å². The molecule has 2 aromatic carbocycles. The van der Waals surface area contributed by atoms with Crippen LogP contribution in [0.25, 0.3) is 22.1 Å². The average Bonchev–Trinajstić information content (AvgIpc) is 2.67. The predicted octanol–water partition coefficient (Wildman–Crippen LogP) is 6.54. The van der Waals surface area contributed by atoms with Gasteiger partial charge >= 0.3 is 5.63 Å². The summed E-state index contributed by atoms with van der Waals surface area (Å²) in [5.41, 5.74) is 3.96. The lowest BCUT2D eigenvalue weighted by molar-refractivity contribution is 0.563. The van der Waals surface area contributed by atoms with E-state index in [0.717, 1.165) is 35.2 Å². The SMILES string of the molecule is CCCCCCCCNc1ccc2cc(-c3ccccc3C)c(=O)oc2c1. The molecule has 0 amide bonds. The molecule has 3 heteroatoms. The molecular formula is C24H29NO2. The van der Waals surface area contributed by atoms with Gasteiger partial charge in [0.2, 0.25) is 0 Å². The molecule has 3 aromatic rings. The monoisotopic (exact) mass is 363 g/mol. The van der Waals surface area contributed by atoms with Gasteiger partial charge in [-0.2, -0.15) is 0 Å². The van der Waals surface area contributed by atoms with Crippen LogP contribution in [0.2, 0.25) is 0 Å². The van der Waals surface area contributed by atoms with Crippen molar-refractivity contribution < 1.29 is 4.42 Å². The second-order valence-electron chi connectivity index (χ2n) is 7.21. The lowest BCUT2D eigenvalue weighted by Crippen LogP contribution is -2.05. The van der Waals surface area contributed by atoms with E-state index >= 15 is 0 Å². The minimum atomic E-state index is -0.287. The third kappa shape index (κ3) is 5.00. The molecule has 0 aliphatic carbocycles. The molecule has 3 nitrogen and oxygen atoms in total. The zero-order valence-electron chi connectivity index (χ0n) is 16.4. The first-order chi connectivity index (χ1) is 13.2. The van der Waals surface area contributed by atoms with E-state index < -0.39 is 0 Å². The second-order valence-corrected chi connectivity index (χ2v) is 7.21. The highest BCUT2D eigenvalue weighted by Gasteiger charge is 2.10. The fourth-order valence-corrected chi connectivity index (χ4v) is 3.42. The van der Waals surface area contributed by atoms with Gasteiger partial charge in [-0.05, 0) is 42.7 Å². The number of unbranched alkanes of at least 4 members (excludes halogenated alkanes) is 5. The van der Waals surface area contributed by atoms with Gasteiger partial charge in [0.1, 0.15) is 5.58 Å². The molecule has 1 heterocycles. The highest BCUT2D eigenvalue weighted by Crippen LogP contribution is 2.25. The lowest BCUT2D eigenvalue weighted by atomic mass is 10.0. The highest BCUT2D eigenvalue weighted by atomic mass is 16.4. The zero-order chi connectivity index (χ0) is 19.1. The summed E-state index contributed by atoms with van der Waals surface area (Å²) in [6.45, 7) is 5.20. The van der Waals surface area contributed by atoms with Crippen molar-refractivity contribution in [2.24, 2.45) is 0 Å². The third-order valence-electron chi connectivity index (χ3n) is 5.03. The van der Waals surface area contributed by atoms with E-state index in [2.05, 4.69) is 18.3 Å². The number of nitrogens with one attached hydrogen (secondary N) is 1. The summed E-state index contributed by atoms with van der Waals surface area (Å²) in [5.74, 6) is 0. The number of hydrogen-bond acceptors (Lipinski definition) is 3. The van der Waals surface area contributed by atoms with Crippen molar-refractivity contribution in [2.75, 3.05) is 11.9 Å². The second kappa shape index (κ2) is 9.40. The van der Waals surface area contributed by atoms with Gasteiger partial charge in [-0.25, -0.2) is 4.79 Å². The Bertz CT molecular complexity index is 943. The summed E-state index contributed by atoms with van der Waals surface area (Å²) in [6.07, 6.45) is 7.69. The normalized spacial score (nSPS) is 11.0. The van der Waals surface area contributed by atoms with Gasteiger partial charge in [0.25, 0.3) is 0 Å². The minimum absolute atomic E-state index is 0.287. The molecule has 27 heavy (non-hydrogen) atoms. The number of aryl methyl sites for hydroxylation is 1. The van der Waals surface area contributed by atoms with Crippen LogP contribution in [0.1, 0.15) is 51.0 Å². The van der Waals surface area contributed by atoms with Crippen LogP contribution in [0.15, 0.2) is 57.7 Å². The van der Waals surface area contributed by atoms with E-state index in [1.165, 1.54) is 32.1 Å². The molecule has 0 unspecified atom stereocenters. The molecule has 1 N–H and O–H groups in total. The fourth-order valence-electron chi connectivity index (χ4n) is 3.42. The summed E-state index contributed by atoms with van der Waals surface area (Å²) in [5, 5.41) is 4.38. The zero-order valence-corrected chi connectivity index (χ0v) is 16.4. The topological polar surface area (TPSA) is 42.2 Å². The van der Waals surface area contributed by atoms with Gasteiger partial charge in [-0.15, -0.1) is 0 Å². The molecule has 0 saturated heterocycles. The van der Waals surface area contributed by atoms with Gasteiger partial charge in [0.15, 0.2) is 0 Å². The quantitative estimate of drug-likeness (QED) is 0.347. The summed E-state index contributed by atoms with van der Waals surface area (Å²) in [6, 6.07) is 15.8. The molecule has 0 fully saturated rings. The molecule has 0 atom stereocenters. The summed E-state index contributed by atoms with van der Waals surface area (Å²) in [4.78, 5) is 12.5. The Morgan fingerprint density at radius 3 is 2.48 bits per heavy atom. The summed E-state index contributed by atoms with van der Waals surface area (Å²) < 4.78 is 5.62. The Morgan fingerprint density at radius 1 is 0.889 bits per heavy atom. The molecule has 0 spiro atoms. The van der Waals surface area contributed by atoms with Crippen molar-refractivity contribution >= 4 is 16.7 Å². The van der Waals surface area contributed by atoms with Gasteiger partial charge in [-0.3, -0.25) is 0 Å². The van der Waals surface area contributed by atoms with Crippen LogP contribution in [0.3, 0.4) is 0 Å². The lowest BCUT2D eigenvalue weighted by Gasteiger charge is -2.09. The maximum Gasteiger partial charge on any atom is 0.344 e. The Morgan fingerprint density at radius 2 is 1.67 bits per heavy atom. The maximum absolute atomic E-state index is 12.5. The number of rotatable bonds is 9. The number of hydrogen-bond donors (Lipinski definition) is 1. The standard InChI is InChI=1S/C24H29NO2/c1-3-4-5-6-7-10-15-25-20-14-13-19-16-22(24(26)27-23(19)17-20)21-12-9-8-11-18(21)2/h8-9,11-14,16-17,25H,3-7,10,15H2,1-2H3. The van der Waals surface area contributed by atoms with Crippen LogP contribution in [-0.4, -0.2) is 6.54 Å². The van der Waals surface area contributed by atoms with Crippen molar-refractivity contribution in [1.82, 2.24) is 0 Å². The van der Waals surface area contributed by atoms with E-state index in [1.54, 1.807) is 0 Å². The number of fused-ring (bicyclic) bond motifs is 1. The molecule has 3 rings (SSSR count). The molecule has 0 radical (unpaired) electrons. The van der Waals surface area contributed by atoms with Crippen LogP contribution in [0.4, 0.5) is 5.69 Å².